The van der Waals surface area contributed by atoms with Crippen LogP contribution in [0.4, 0.5) is 0 Å². The van der Waals surface area contributed by atoms with Crippen LogP contribution in [0.2, 0.25) is 0 Å². The summed E-state index contributed by atoms with van der Waals surface area (Å²) >= 11 is 0. The second-order valence-corrected chi connectivity index (χ2v) is 8.61. The fourth-order valence-corrected chi connectivity index (χ4v) is 5.77. The van der Waals surface area contributed by atoms with Gasteiger partial charge >= 0.3 is 7.80 Å². The molecule has 0 aromatic heterocycles. The van der Waals surface area contributed by atoms with Gasteiger partial charge in [0.25, 0.3) is 0 Å². The number of benzene rings is 3. The van der Waals surface area contributed by atoms with Crippen molar-refractivity contribution in [1.29, 1.82) is 0 Å². The third kappa shape index (κ3) is 2.83. The van der Waals surface area contributed by atoms with Crippen LogP contribution in [-0.2, 0) is 17.1 Å². The van der Waals surface area contributed by atoms with Crippen molar-refractivity contribution < 1.29 is 4.57 Å². The van der Waals surface area contributed by atoms with Crippen LogP contribution in [0.5, 0.6) is 0 Å². The number of hydrogen-bond donors (Lipinski definition) is 0. The summed E-state index contributed by atoms with van der Waals surface area (Å²) in [6.45, 7) is 6.37. The highest BCUT2D eigenvalue weighted by atomic mass is 31.1. The summed E-state index contributed by atoms with van der Waals surface area (Å²) in [5.41, 5.74) is 10.2. The van der Waals surface area contributed by atoms with E-state index in [9.17, 15) is 4.57 Å². The van der Waals surface area contributed by atoms with Crippen molar-refractivity contribution in [2.75, 3.05) is 0 Å². The molecule has 1 aliphatic rings. The Bertz CT molecular complexity index is 978. The largest absolute Gasteiger partial charge is 0.381 e. The summed E-state index contributed by atoms with van der Waals surface area (Å²) < 4.78 is 13.3. The lowest BCUT2D eigenvalue weighted by atomic mass is 10.0. The van der Waals surface area contributed by atoms with E-state index in [1.807, 2.05) is 0 Å². The molecule has 1 aliphatic carbocycles. The number of aryl methyl sites for hydroxylation is 3. The Morgan fingerprint density at radius 3 is 2.32 bits per heavy atom. The molecule has 3 aromatic carbocycles. The highest BCUT2D eigenvalue weighted by molar-refractivity contribution is 7.52. The highest BCUT2D eigenvalue weighted by Gasteiger charge is 2.31. The zero-order valence-corrected chi connectivity index (χ0v) is 15.9. The van der Waals surface area contributed by atoms with Crippen LogP contribution >= 0.6 is 7.80 Å². The van der Waals surface area contributed by atoms with Gasteiger partial charge < -0.3 is 0 Å². The first-order valence-electron chi connectivity index (χ1n) is 8.76. The van der Waals surface area contributed by atoms with Crippen LogP contribution in [-0.4, -0.2) is 0 Å². The normalized spacial score (nSPS) is 12.7. The van der Waals surface area contributed by atoms with Crippen LogP contribution in [0.25, 0.3) is 11.1 Å². The van der Waals surface area contributed by atoms with E-state index in [4.69, 9.17) is 0 Å². The van der Waals surface area contributed by atoms with E-state index in [1.54, 1.807) is 0 Å². The van der Waals surface area contributed by atoms with E-state index in [2.05, 4.69) is 75.4 Å². The van der Waals surface area contributed by atoms with Crippen molar-refractivity contribution in [2.24, 2.45) is 0 Å². The lowest BCUT2D eigenvalue weighted by molar-refractivity contribution is 0.592. The second-order valence-electron chi connectivity index (χ2n) is 7.05. The van der Waals surface area contributed by atoms with Crippen LogP contribution < -0.4 is 5.30 Å². The lowest BCUT2D eigenvalue weighted by Crippen LogP contribution is -2.06. The molecule has 1 atom stereocenters. The number of fused-ring (bicyclic) bond motifs is 3. The quantitative estimate of drug-likeness (QED) is 0.427. The van der Waals surface area contributed by atoms with E-state index < -0.39 is 7.80 Å². The molecule has 0 bridgehead atoms. The van der Waals surface area contributed by atoms with E-state index in [-0.39, 0.29) is 0 Å². The average Bonchev–Trinajstić information content (AvgIpc) is 2.96. The highest BCUT2D eigenvalue weighted by Crippen LogP contribution is 2.40. The van der Waals surface area contributed by atoms with Gasteiger partial charge in [-0.3, -0.25) is 0 Å². The van der Waals surface area contributed by atoms with Crippen molar-refractivity contribution in [3.8, 4) is 11.1 Å². The SMILES string of the molecule is Cc1cc(C)c(C[P+](=O)c2cccc3c2Cc2ccccc2-3)c(C)c1. The van der Waals surface area contributed by atoms with Gasteiger partial charge in [0, 0.05) is 17.5 Å². The monoisotopic (exact) mass is 345 g/mol. The van der Waals surface area contributed by atoms with Gasteiger partial charge in [-0.2, -0.15) is 0 Å². The molecule has 0 heterocycles. The minimum Gasteiger partial charge on any atom is -0.0677 e. The molecular formula is C23H22OP+. The second kappa shape index (κ2) is 6.24. The molecule has 0 saturated carbocycles. The fourth-order valence-electron chi connectivity index (χ4n) is 4.06. The lowest BCUT2D eigenvalue weighted by Gasteiger charge is -2.07. The first kappa shape index (κ1) is 16.2. The van der Waals surface area contributed by atoms with Gasteiger partial charge in [-0.15, -0.1) is 0 Å². The molecule has 0 saturated heterocycles. The third-order valence-corrected chi connectivity index (χ3v) is 6.80. The fraction of sp³-hybridized carbons (Fsp3) is 0.217. The Morgan fingerprint density at radius 2 is 1.56 bits per heavy atom. The summed E-state index contributed by atoms with van der Waals surface area (Å²) in [7, 11) is -1.45. The standard InChI is InChI=1S/C23H22OP/c1-15-11-16(2)22(17(3)12-15)14-25(24)23-10-6-9-20-19-8-5-4-7-18(19)13-21(20)23/h4-12H,13-14H2,1-3H3/q+1. The van der Waals surface area contributed by atoms with Crippen molar-refractivity contribution in [2.45, 2.75) is 33.4 Å². The van der Waals surface area contributed by atoms with Crippen LogP contribution in [0.1, 0.15) is 33.4 Å². The van der Waals surface area contributed by atoms with E-state index in [1.165, 1.54) is 44.5 Å². The van der Waals surface area contributed by atoms with Gasteiger partial charge in [-0.25, -0.2) is 0 Å². The molecule has 3 aromatic rings. The summed E-state index contributed by atoms with van der Waals surface area (Å²) in [4.78, 5) is 0. The summed E-state index contributed by atoms with van der Waals surface area (Å²) in [6.07, 6.45) is 1.52. The molecule has 0 spiro atoms. The molecule has 2 heteroatoms. The molecule has 25 heavy (non-hydrogen) atoms. The summed E-state index contributed by atoms with van der Waals surface area (Å²) in [5, 5.41) is 1.03. The van der Waals surface area contributed by atoms with Crippen molar-refractivity contribution in [3.05, 3.63) is 88.0 Å². The Labute approximate surface area is 150 Å². The van der Waals surface area contributed by atoms with Crippen molar-refractivity contribution >= 4 is 13.1 Å². The molecule has 4 rings (SSSR count). The first-order chi connectivity index (χ1) is 12.0. The minimum absolute atomic E-state index is 0.625. The van der Waals surface area contributed by atoms with Crippen LogP contribution in [0.15, 0.2) is 54.6 Å². The maximum Gasteiger partial charge on any atom is 0.381 e. The Kier molecular flexibility index (Phi) is 4.06. The van der Waals surface area contributed by atoms with Crippen LogP contribution in [0.3, 0.4) is 0 Å². The van der Waals surface area contributed by atoms with Gasteiger partial charge in [-0.1, -0.05) is 58.7 Å². The first-order valence-corrected chi connectivity index (χ1v) is 10.2. The molecule has 0 amide bonds. The summed E-state index contributed by atoms with van der Waals surface area (Å²) in [5.74, 6) is 0. The maximum absolute atomic E-state index is 13.3. The molecule has 0 N–H and O–H groups in total. The molecule has 124 valence electrons. The third-order valence-electron chi connectivity index (χ3n) is 5.24. The van der Waals surface area contributed by atoms with Gasteiger partial charge in [0.2, 0.25) is 0 Å². The number of hydrogen-bond acceptors (Lipinski definition) is 1. The molecule has 0 radical (unpaired) electrons. The van der Waals surface area contributed by atoms with Gasteiger partial charge in [0.15, 0.2) is 11.5 Å². The smallest absolute Gasteiger partial charge is 0.0677 e. The predicted molar refractivity (Wildman–Crippen MR) is 106 cm³/mol. The topological polar surface area (TPSA) is 17.1 Å². The minimum atomic E-state index is -1.45. The zero-order valence-electron chi connectivity index (χ0n) is 15.0. The van der Waals surface area contributed by atoms with Gasteiger partial charge in [0.05, 0.1) is 0 Å². The molecule has 0 fully saturated rings. The Hall–Kier alpha value is -2.24. The predicted octanol–water partition coefficient (Wildman–Crippen LogP) is 5.84. The zero-order chi connectivity index (χ0) is 17.6. The maximum atomic E-state index is 13.3. The number of rotatable bonds is 3. The Morgan fingerprint density at radius 1 is 0.880 bits per heavy atom. The van der Waals surface area contributed by atoms with Crippen molar-refractivity contribution in [1.82, 2.24) is 0 Å². The Balaban J connectivity index is 1.72. The van der Waals surface area contributed by atoms with E-state index in [0.29, 0.717) is 6.16 Å². The van der Waals surface area contributed by atoms with Gasteiger partial charge in [0.1, 0.15) is 0 Å². The van der Waals surface area contributed by atoms with Gasteiger partial charge in [-0.05, 0) is 54.7 Å². The summed E-state index contributed by atoms with van der Waals surface area (Å²) in [6, 6.07) is 19.2. The molecular weight excluding hydrogens is 323 g/mol. The van der Waals surface area contributed by atoms with Crippen molar-refractivity contribution in [3.63, 3.8) is 0 Å². The van der Waals surface area contributed by atoms with Crippen LogP contribution in [0, 0.1) is 20.8 Å². The molecule has 1 unspecified atom stereocenters. The van der Waals surface area contributed by atoms with E-state index >= 15 is 0 Å². The van der Waals surface area contributed by atoms with E-state index in [0.717, 1.165) is 11.7 Å². The molecule has 1 nitrogen and oxygen atoms in total. The molecule has 0 aliphatic heterocycles. The average molecular weight is 345 g/mol.